The number of carboxylic acid groups (broad SMARTS) is 1. The van der Waals surface area contributed by atoms with Crippen LogP contribution in [0.15, 0.2) is 0 Å². The van der Waals surface area contributed by atoms with Crippen molar-refractivity contribution >= 4 is 18.3 Å². The van der Waals surface area contributed by atoms with Crippen LogP contribution >= 0.6 is 0 Å². The number of hydrogen-bond acceptors (Lipinski definition) is 4. The maximum Gasteiger partial charge on any atom is 0.326 e. The zero-order chi connectivity index (χ0) is 12.8. The van der Waals surface area contributed by atoms with Crippen LogP contribution in [-0.4, -0.2) is 35.1 Å². The summed E-state index contributed by atoms with van der Waals surface area (Å²) < 4.78 is 5.01. The summed E-state index contributed by atoms with van der Waals surface area (Å²) >= 11 is 0. The summed E-state index contributed by atoms with van der Waals surface area (Å²) in [6.07, 6.45) is 1.13. The summed E-state index contributed by atoms with van der Waals surface area (Å²) in [7, 11) is 0. The van der Waals surface area contributed by atoms with Gasteiger partial charge in [0.15, 0.2) is 0 Å². The fourth-order valence-electron chi connectivity index (χ4n) is 0.961. The molecule has 0 aromatic heterocycles. The molecule has 0 radical (unpaired) electrons. The molecule has 7 heteroatoms. The van der Waals surface area contributed by atoms with E-state index in [4.69, 9.17) is 9.84 Å². The Morgan fingerprint density at radius 3 is 2.29 bits per heavy atom. The second-order valence-electron chi connectivity index (χ2n) is 4.26. The van der Waals surface area contributed by atoms with Crippen molar-refractivity contribution < 1.29 is 24.2 Å². The van der Waals surface area contributed by atoms with Gasteiger partial charge in [0.05, 0.1) is 6.04 Å². The Balaban J connectivity index is 0. The van der Waals surface area contributed by atoms with E-state index in [9.17, 15) is 14.4 Å². The van der Waals surface area contributed by atoms with Gasteiger partial charge >= 0.3 is 11.9 Å². The molecule has 0 unspecified atom stereocenters. The van der Waals surface area contributed by atoms with E-state index in [2.05, 4.69) is 5.32 Å². The maximum absolute atomic E-state index is 11.5. The smallest absolute Gasteiger partial charge is 0.326 e. The van der Waals surface area contributed by atoms with Gasteiger partial charge in [0.2, 0.25) is 0 Å². The molecule has 17 heavy (non-hydrogen) atoms. The Labute approximate surface area is 94.0 Å². The molecule has 0 rings (SSSR count). The third kappa shape index (κ3) is 8.41. The van der Waals surface area contributed by atoms with Crippen molar-refractivity contribution in [3.63, 3.8) is 0 Å². The van der Waals surface area contributed by atoms with Gasteiger partial charge in [0.1, 0.15) is 5.60 Å². The van der Waals surface area contributed by atoms with Gasteiger partial charge in [0, 0.05) is 6.42 Å². The second kappa shape index (κ2) is 6.81. The molecule has 0 aliphatic rings. The Hall–Kier alpha value is -2.59. The monoisotopic (exact) mass is 487 g/mol. The predicted octanol–water partition coefficient (Wildman–Crippen LogP) is 0.218. The molecule has 0 aliphatic carbocycles. The van der Waals surface area contributed by atoms with Crippen LogP contribution < -0.4 is 5.32 Å². The topological polar surface area (TPSA) is 92.7 Å². The number of esters is 1. The quantitative estimate of drug-likeness (QED) is 0.318. The molecule has 0 heterocycles. The molecule has 1 amide bonds. The fourth-order valence-corrected chi connectivity index (χ4v) is 0.961. The Kier molecular flexibility index (Phi) is 6.74. The summed E-state index contributed by atoms with van der Waals surface area (Å²) in [4.78, 5) is 32.0. The molecule has 0 aliphatic heterocycles. The van der Waals surface area contributed by atoms with Crippen molar-refractivity contribution in [1.29, 1.82) is 0 Å². The number of aliphatic carboxylic acids is 1. The third-order valence-electron chi connectivity index (χ3n) is 1.57. The van der Waals surface area contributed by atoms with E-state index < -0.39 is 23.6 Å². The van der Waals surface area contributed by atoms with Crippen molar-refractivity contribution in [2.75, 3.05) is 0 Å². The number of nitrogens with one attached hydrogen (secondary N) is 1. The molecular weight excluding hydrogens is 471 g/mol. The van der Waals surface area contributed by atoms with E-state index in [-0.39, 0.29) is 12.8 Å². The largest absolute Gasteiger partial charge is 0.520 e. The minimum Gasteiger partial charge on any atom is -0.520 e. The van der Waals surface area contributed by atoms with Crippen molar-refractivity contribution in [3.05, 3.63) is 0 Å². The predicted molar refractivity (Wildman–Crippen MR) is 55.3 cm³/mol. The standard InChI is InChI=1S/C10H16NO5.Fm/c1-10(2,3)16-9(15)7(11-6-12)4-5-8(13)14;/h7H,4-5H2,1-3H3,(H,11,12)(H,13,14);/q-1;/t7-;/m0./s1. The zero-order valence-electron chi connectivity index (χ0n) is 9.86. The van der Waals surface area contributed by atoms with Crippen LogP contribution in [0.3, 0.4) is 0 Å². The van der Waals surface area contributed by atoms with Crippen LogP contribution in [0.5, 0.6) is 0 Å². The van der Waals surface area contributed by atoms with Gasteiger partial charge in [-0.15, -0.1) is 0 Å². The normalized spacial score (nSPS) is 11.9. The van der Waals surface area contributed by atoms with E-state index in [0.717, 1.165) is 0 Å². The average Bonchev–Trinajstić information content (AvgIpc) is 2.08. The summed E-state index contributed by atoms with van der Waals surface area (Å²) in [5, 5.41) is 10.6. The second-order valence-corrected chi connectivity index (χ2v) is 4.26. The summed E-state index contributed by atoms with van der Waals surface area (Å²) in [5.74, 6) is -1.70. The van der Waals surface area contributed by atoms with Gasteiger partial charge in [-0.2, -0.15) is 6.41 Å². The van der Waals surface area contributed by atoms with Crippen LogP contribution in [0.1, 0.15) is 33.6 Å². The van der Waals surface area contributed by atoms with Gasteiger partial charge in [-0.25, -0.2) is 4.79 Å². The molecule has 0 spiro atoms. The van der Waals surface area contributed by atoms with Gasteiger partial charge in [-0.1, -0.05) is 0 Å². The molecule has 104 valence electrons. The Morgan fingerprint density at radius 1 is 1.41 bits per heavy atom. The number of carbonyl (C=O) groups is 2. The van der Waals surface area contributed by atoms with Crippen molar-refractivity contribution in [1.82, 2.24) is 5.32 Å². The zero-order valence-corrected chi connectivity index (χ0v) is 12.3. The number of carboxylic acids is 1. The third-order valence-corrected chi connectivity index (χ3v) is 1.57. The minimum atomic E-state index is -1.04. The van der Waals surface area contributed by atoms with E-state index in [1.54, 1.807) is 20.8 Å². The molecule has 0 fully saturated rings. The van der Waals surface area contributed by atoms with Crippen LogP contribution in [0, 0.1) is 0 Å². The van der Waals surface area contributed by atoms with Gasteiger partial charge in [-0.05, 0) is 27.2 Å². The van der Waals surface area contributed by atoms with E-state index in [1.165, 1.54) is 6.41 Å². The van der Waals surface area contributed by atoms with Crippen LogP contribution in [0.4, 0.5) is 0 Å². The Morgan fingerprint density at radius 2 is 1.94 bits per heavy atom. The first-order chi connectivity index (χ1) is 7.26. The number of rotatable bonds is 6. The summed E-state index contributed by atoms with van der Waals surface area (Å²) in [6.45, 7) is 5.05. The van der Waals surface area contributed by atoms with Crippen molar-refractivity contribution in [2.45, 2.75) is 45.3 Å². The SMILES string of the molecule is CC(C)(C)OC(=O)[C@H](CCC(=O)O)N[C-]=O.[Fm]. The molecule has 0 saturated heterocycles. The summed E-state index contributed by atoms with van der Waals surface area (Å²) in [5.41, 5.74) is -0.677. The molecule has 1 atom stereocenters. The van der Waals surface area contributed by atoms with Gasteiger partial charge < -0.3 is 20.0 Å². The first kappa shape index (κ1) is 16.8. The van der Waals surface area contributed by atoms with Crippen LogP contribution in [-0.2, 0) is 19.1 Å². The molecule has 0 saturated carbocycles. The molecule has 0 aromatic rings. The van der Waals surface area contributed by atoms with E-state index in [0.29, 0.717) is 0 Å². The van der Waals surface area contributed by atoms with Gasteiger partial charge in [0.25, 0.3) is 0 Å². The molecule has 6 nitrogen and oxygen atoms in total. The maximum atomic E-state index is 11.5. The first-order valence-corrected chi connectivity index (χ1v) is 4.83. The van der Waals surface area contributed by atoms with Crippen molar-refractivity contribution in [3.8, 4) is 0 Å². The first-order valence-electron chi connectivity index (χ1n) is 4.83. The van der Waals surface area contributed by atoms with E-state index >= 15 is 0 Å². The Bertz CT molecular complexity index is 274. The molecule has 2 N–H and O–H groups in total. The van der Waals surface area contributed by atoms with Crippen molar-refractivity contribution in [2.24, 2.45) is 0 Å². The number of carbonyl (C=O) groups excluding carboxylic acids is 2. The number of ether oxygens (including phenoxy) is 1. The average molecular weight is 487 g/mol. The number of amides is 1. The minimum absolute atomic E-state index is 0. The summed E-state index contributed by atoms with van der Waals surface area (Å²) in [6, 6.07) is -0.965. The van der Waals surface area contributed by atoms with Crippen LogP contribution in [0.25, 0.3) is 0 Å². The number of hydrogen-bond donors (Lipinski definition) is 2. The molecular formula is C10H16FmNO5-. The molecule has 0 aromatic carbocycles. The fraction of sp³-hybridized carbons (Fsp3) is 0.700. The van der Waals surface area contributed by atoms with E-state index in [1.807, 2.05) is 0 Å². The van der Waals surface area contributed by atoms with Gasteiger partial charge in [-0.3, -0.25) is 4.79 Å². The molecule has 0 bridgehead atoms. The van der Waals surface area contributed by atoms with Crippen LogP contribution in [0.2, 0.25) is 0 Å².